The molecule has 0 saturated carbocycles. The van der Waals surface area contributed by atoms with Gasteiger partial charge < -0.3 is 28.4 Å². The fraction of sp³-hybridized carbons (Fsp3) is 0.652. The SMILES string of the molecule is C=C1C(=O)OC2C1C(OC(C)=O)C(OC(=O)C1(C)OC1C)C(C(=O)OC)=CCCC1(C)OC21. The fourth-order valence-corrected chi connectivity index (χ4v) is 4.66. The minimum Gasteiger partial charge on any atom is -0.466 e. The van der Waals surface area contributed by atoms with Crippen molar-refractivity contribution < 1.29 is 47.6 Å². The Morgan fingerprint density at radius 2 is 1.85 bits per heavy atom. The lowest BCUT2D eigenvalue weighted by Crippen LogP contribution is -2.49. The van der Waals surface area contributed by atoms with Gasteiger partial charge >= 0.3 is 23.9 Å². The van der Waals surface area contributed by atoms with Crippen molar-refractivity contribution in [1.29, 1.82) is 0 Å². The average Bonchev–Trinajstić information content (AvgIpc) is 3.57. The predicted octanol–water partition coefficient (Wildman–Crippen LogP) is 1.16. The molecule has 4 rings (SSSR count). The summed E-state index contributed by atoms with van der Waals surface area (Å²) >= 11 is 0. The van der Waals surface area contributed by atoms with Gasteiger partial charge in [-0.1, -0.05) is 12.7 Å². The first-order valence-electron chi connectivity index (χ1n) is 10.8. The zero-order chi connectivity index (χ0) is 24.3. The van der Waals surface area contributed by atoms with E-state index >= 15 is 0 Å². The number of methoxy groups -OCH3 is 1. The first-order valence-corrected chi connectivity index (χ1v) is 10.8. The Labute approximate surface area is 191 Å². The van der Waals surface area contributed by atoms with Crippen molar-refractivity contribution in [3.63, 3.8) is 0 Å². The molecule has 0 radical (unpaired) electrons. The monoisotopic (exact) mass is 464 g/mol. The number of carbonyl (C=O) groups is 4. The molecule has 0 aromatic rings. The first-order chi connectivity index (χ1) is 15.4. The molecule has 3 heterocycles. The van der Waals surface area contributed by atoms with Gasteiger partial charge in [-0.15, -0.1) is 0 Å². The highest BCUT2D eigenvalue weighted by Crippen LogP contribution is 2.51. The number of allylic oxidation sites excluding steroid dienone is 1. The Morgan fingerprint density at radius 1 is 1.18 bits per heavy atom. The molecule has 8 atom stereocenters. The minimum absolute atomic E-state index is 0.0115. The normalized spacial score (nSPS) is 41.5. The van der Waals surface area contributed by atoms with Crippen LogP contribution in [0.2, 0.25) is 0 Å². The third-order valence-electron chi connectivity index (χ3n) is 6.97. The van der Waals surface area contributed by atoms with Gasteiger partial charge in [-0.3, -0.25) is 4.79 Å². The van der Waals surface area contributed by atoms with Gasteiger partial charge in [0.25, 0.3) is 0 Å². The van der Waals surface area contributed by atoms with E-state index in [0.717, 1.165) is 0 Å². The first kappa shape index (κ1) is 23.4. The summed E-state index contributed by atoms with van der Waals surface area (Å²) in [6.45, 7) is 10.2. The molecule has 0 bridgehead atoms. The molecule has 0 amide bonds. The predicted molar refractivity (Wildman–Crippen MR) is 110 cm³/mol. The summed E-state index contributed by atoms with van der Waals surface area (Å²) in [6.07, 6.45) is -1.86. The van der Waals surface area contributed by atoms with Crippen LogP contribution >= 0.6 is 0 Å². The molecular formula is C23H28O10. The average molecular weight is 464 g/mol. The molecule has 3 aliphatic heterocycles. The van der Waals surface area contributed by atoms with Crippen LogP contribution in [0.15, 0.2) is 23.8 Å². The van der Waals surface area contributed by atoms with Crippen LogP contribution < -0.4 is 0 Å². The van der Waals surface area contributed by atoms with Crippen molar-refractivity contribution in [1.82, 2.24) is 0 Å². The Bertz CT molecular complexity index is 953. The topological polar surface area (TPSA) is 130 Å². The quantitative estimate of drug-likeness (QED) is 0.258. The van der Waals surface area contributed by atoms with Crippen LogP contribution in [-0.2, 0) is 47.6 Å². The van der Waals surface area contributed by atoms with Gasteiger partial charge in [-0.05, 0) is 33.6 Å². The number of hydrogen-bond donors (Lipinski definition) is 0. The third-order valence-corrected chi connectivity index (χ3v) is 6.97. The smallest absolute Gasteiger partial charge is 0.341 e. The minimum atomic E-state index is -1.39. The van der Waals surface area contributed by atoms with Gasteiger partial charge in [0.2, 0.25) is 0 Å². The maximum absolute atomic E-state index is 13.0. The van der Waals surface area contributed by atoms with E-state index in [-0.39, 0.29) is 17.3 Å². The van der Waals surface area contributed by atoms with Crippen molar-refractivity contribution in [2.24, 2.45) is 5.92 Å². The Kier molecular flexibility index (Phi) is 5.65. The molecule has 3 saturated heterocycles. The number of fused-ring (bicyclic) bond motifs is 3. The summed E-state index contributed by atoms with van der Waals surface area (Å²) in [5.74, 6) is -3.77. The Hall–Kier alpha value is -2.72. The van der Waals surface area contributed by atoms with E-state index in [9.17, 15) is 19.2 Å². The molecule has 0 aromatic heterocycles. The highest BCUT2D eigenvalue weighted by molar-refractivity contribution is 5.93. The highest BCUT2D eigenvalue weighted by Gasteiger charge is 2.65. The van der Waals surface area contributed by atoms with Gasteiger partial charge in [-0.2, -0.15) is 0 Å². The number of esters is 4. The lowest BCUT2D eigenvalue weighted by Gasteiger charge is -2.34. The maximum atomic E-state index is 13.0. The van der Waals surface area contributed by atoms with Crippen LogP contribution in [0, 0.1) is 5.92 Å². The zero-order valence-electron chi connectivity index (χ0n) is 19.2. The van der Waals surface area contributed by atoms with Crippen LogP contribution in [0.3, 0.4) is 0 Å². The summed E-state index contributed by atoms with van der Waals surface area (Å²) in [6, 6.07) is 0. The van der Waals surface area contributed by atoms with Crippen molar-refractivity contribution >= 4 is 23.9 Å². The summed E-state index contributed by atoms with van der Waals surface area (Å²) in [7, 11) is 1.19. The molecule has 0 N–H and O–H groups in total. The molecular weight excluding hydrogens is 436 g/mol. The Balaban J connectivity index is 1.82. The zero-order valence-corrected chi connectivity index (χ0v) is 19.2. The second-order valence-corrected chi connectivity index (χ2v) is 9.23. The van der Waals surface area contributed by atoms with Gasteiger partial charge in [0.1, 0.15) is 12.2 Å². The molecule has 180 valence electrons. The van der Waals surface area contributed by atoms with Crippen LogP contribution in [0.25, 0.3) is 0 Å². The molecule has 8 unspecified atom stereocenters. The fourth-order valence-electron chi connectivity index (χ4n) is 4.66. The number of rotatable bonds is 4. The van der Waals surface area contributed by atoms with E-state index in [1.54, 1.807) is 19.9 Å². The lowest BCUT2D eigenvalue weighted by atomic mass is 9.80. The summed E-state index contributed by atoms with van der Waals surface area (Å²) in [5.41, 5.74) is -1.77. The molecule has 33 heavy (non-hydrogen) atoms. The summed E-state index contributed by atoms with van der Waals surface area (Å²) in [5, 5.41) is 0. The van der Waals surface area contributed by atoms with Crippen molar-refractivity contribution in [2.75, 3.05) is 7.11 Å². The number of epoxide rings is 2. The molecule has 10 heteroatoms. The molecule has 4 aliphatic rings. The van der Waals surface area contributed by atoms with Crippen molar-refractivity contribution in [3.8, 4) is 0 Å². The second-order valence-electron chi connectivity index (χ2n) is 9.23. The Morgan fingerprint density at radius 3 is 2.42 bits per heavy atom. The van der Waals surface area contributed by atoms with Crippen LogP contribution in [-0.4, -0.2) is 72.7 Å². The molecule has 0 spiro atoms. The molecule has 3 fully saturated rings. The van der Waals surface area contributed by atoms with E-state index in [1.807, 2.05) is 6.92 Å². The van der Waals surface area contributed by atoms with E-state index < -0.39 is 65.4 Å². The summed E-state index contributed by atoms with van der Waals surface area (Å²) in [4.78, 5) is 50.4. The van der Waals surface area contributed by atoms with Crippen LogP contribution in [0.1, 0.15) is 40.5 Å². The van der Waals surface area contributed by atoms with Gasteiger partial charge in [-0.25, -0.2) is 14.4 Å². The van der Waals surface area contributed by atoms with Gasteiger partial charge in [0.15, 0.2) is 17.8 Å². The lowest BCUT2D eigenvalue weighted by molar-refractivity contribution is -0.174. The summed E-state index contributed by atoms with van der Waals surface area (Å²) < 4.78 is 33.1. The maximum Gasteiger partial charge on any atom is 0.341 e. The van der Waals surface area contributed by atoms with Gasteiger partial charge in [0.05, 0.1) is 30.3 Å². The molecule has 10 nitrogen and oxygen atoms in total. The number of ether oxygens (including phenoxy) is 6. The van der Waals surface area contributed by atoms with Crippen LogP contribution in [0.5, 0.6) is 0 Å². The van der Waals surface area contributed by atoms with Gasteiger partial charge in [0, 0.05) is 12.5 Å². The van der Waals surface area contributed by atoms with Crippen molar-refractivity contribution in [3.05, 3.63) is 23.8 Å². The standard InChI is InChI=1S/C23H28O10/c1-10-14-16(29-12(3)24)15(31-21(27)23(5)11(2)32-23)13(20(26)28-6)8-7-9-22(4)18(33-22)17(14)30-19(10)25/h8,11,14-18H,1,7,9H2,2-6H3. The van der Waals surface area contributed by atoms with E-state index in [2.05, 4.69) is 6.58 Å². The molecule has 0 aromatic carbocycles. The van der Waals surface area contributed by atoms with E-state index in [0.29, 0.717) is 12.8 Å². The van der Waals surface area contributed by atoms with Crippen molar-refractivity contribution in [2.45, 2.75) is 82.3 Å². The van der Waals surface area contributed by atoms with E-state index in [4.69, 9.17) is 28.4 Å². The third kappa shape index (κ3) is 3.95. The number of carbonyl (C=O) groups excluding carboxylic acids is 4. The number of hydrogen-bond acceptors (Lipinski definition) is 10. The highest BCUT2D eigenvalue weighted by atomic mass is 16.7. The molecule has 1 aliphatic carbocycles. The second kappa shape index (κ2) is 7.95. The largest absolute Gasteiger partial charge is 0.466 e. The van der Waals surface area contributed by atoms with E-state index in [1.165, 1.54) is 14.0 Å². The van der Waals surface area contributed by atoms with Crippen LogP contribution in [0.4, 0.5) is 0 Å².